The van der Waals surface area contributed by atoms with Crippen molar-refractivity contribution in [3.8, 4) is 0 Å². The third-order valence-corrected chi connectivity index (χ3v) is 3.54. The minimum atomic E-state index is -0.962. The van der Waals surface area contributed by atoms with Crippen LogP contribution in [0.25, 0.3) is 0 Å². The number of benzene rings is 1. The lowest BCUT2D eigenvalue weighted by atomic mass is 9.82. The zero-order valence-electron chi connectivity index (χ0n) is 12.2. The van der Waals surface area contributed by atoms with Crippen LogP contribution in [0.4, 0.5) is 11.4 Å². The summed E-state index contributed by atoms with van der Waals surface area (Å²) in [6.07, 6.45) is 4.39. The van der Waals surface area contributed by atoms with E-state index in [1.54, 1.807) is 30.3 Å². The number of carboxylic acid groups (broad SMARTS) is 1. The Kier molecular flexibility index (Phi) is 4.93. The van der Waals surface area contributed by atoms with Crippen molar-refractivity contribution in [1.82, 2.24) is 0 Å². The number of hydrogen-bond acceptors (Lipinski definition) is 3. The van der Waals surface area contributed by atoms with Crippen LogP contribution >= 0.6 is 0 Å². The number of allylic oxidation sites excluding steroid dienone is 2. The van der Waals surface area contributed by atoms with E-state index < -0.39 is 17.8 Å². The highest BCUT2D eigenvalue weighted by atomic mass is 16.4. The summed E-state index contributed by atoms with van der Waals surface area (Å²) in [5.41, 5.74) is 1.10. The van der Waals surface area contributed by atoms with Crippen LogP contribution in [0, 0.1) is 11.8 Å². The van der Waals surface area contributed by atoms with Crippen LogP contribution in [0.1, 0.15) is 19.8 Å². The fraction of sp³-hybridized carbons (Fsp3) is 0.312. The highest BCUT2D eigenvalue weighted by Gasteiger charge is 2.33. The normalized spacial score (nSPS) is 20.2. The van der Waals surface area contributed by atoms with Crippen molar-refractivity contribution in [2.75, 3.05) is 10.6 Å². The molecule has 2 atom stereocenters. The second kappa shape index (κ2) is 6.89. The van der Waals surface area contributed by atoms with Crippen LogP contribution in [0.15, 0.2) is 36.4 Å². The number of rotatable bonds is 4. The fourth-order valence-corrected chi connectivity index (χ4v) is 2.49. The molecular weight excluding hydrogens is 284 g/mol. The van der Waals surface area contributed by atoms with E-state index in [2.05, 4.69) is 10.6 Å². The number of hydrogen-bond donors (Lipinski definition) is 3. The van der Waals surface area contributed by atoms with Crippen LogP contribution in [-0.2, 0) is 14.4 Å². The number of nitrogens with one attached hydrogen (secondary N) is 2. The van der Waals surface area contributed by atoms with Crippen molar-refractivity contribution in [3.05, 3.63) is 36.4 Å². The van der Waals surface area contributed by atoms with Crippen molar-refractivity contribution in [1.29, 1.82) is 0 Å². The number of anilines is 2. The summed E-state index contributed by atoms with van der Waals surface area (Å²) in [5.74, 6) is -2.78. The smallest absolute Gasteiger partial charge is 0.307 e. The zero-order valence-corrected chi connectivity index (χ0v) is 12.2. The molecule has 1 aromatic rings. The van der Waals surface area contributed by atoms with Gasteiger partial charge in [-0.05, 0) is 31.0 Å². The van der Waals surface area contributed by atoms with E-state index in [1.165, 1.54) is 6.92 Å². The SMILES string of the molecule is CC(=O)Nc1cccc(NC(=O)[C@H]2CC=CC[C@@H]2C(=O)O)c1. The van der Waals surface area contributed by atoms with Crippen LogP contribution in [0.2, 0.25) is 0 Å². The monoisotopic (exact) mass is 302 g/mol. The Morgan fingerprint density at radius 3 is 2.23 bits per heavy atom. The number of amides is 2. The van der Waals surface area contributed by atoms with E-state index in [4.69, 9.17) is 0 Å². The van der Waals surface area contributed by atoms with Gasteiger partial charge in [-0.3, -0.25) is 14.4 Å². The standard InChI is InChI=1S/C16H18N2O4/c1-10(19)17-11-5-4-6-12(9-11)18-15(20)13-7-2-3-8-14(13)16(21)22/h2-6,9,13-14H,7-8H2,1H3,(H,17,19)(H,18,20)(H,21,22)/t13-,14-/m0/s1. The zero-order chi connectivity index (χ0) is 16.1. The summed E-state index contributed by atoms with van der Waals surface area (Å²) in [4.78, 5) is 34.6. The maximum Gasteiger partial charge on any atom is 0.307 e. The molecule has 0 heterocycles. The van der Waals surface area contributed by atoms with Gasteiger partial charge in [0.2, 0.25) is 11.8 Å². The molecular formula is C16H18N2O4. The van der Waals surface area contributed by atoms with E-state index in [-0.39, 0.29) is 11.8 Å². The second-order valence-electron chi connectivity index (χ2n) is 5.25. The number of carbonyl (C=O) groups excluding carboxylic acids is 2. The molecule has 0 aliphatic heterocycles. The molecule has 2 rings (SSSR count). The van der Waals surface area contributed by atoms with Gasteiger partial charge in [0.05, 0.1) is 11.8 Å². The van der Waals surface area contributed by atoms with Crippen molar-refractivity contribution < 1.29 is 19.5 Å². The Hall–Kier alpha value is -2.63. The minimum absolute atomic E-state index is 0.202. The number of carboxylic acids is 1. The lowest BCUT2D eigenvalue weighted by molar-refractivity contribution is -0.146. The van der Waals surface area contributed by atoms with Crippen LogP contribution in [-0.4, -0.2) is 22.9 Å². The summed E-state index contributed by atoms with van der Waals surface area (Å²) in [6, 6.07) is 6.74. The summed E-state index contributed by atoms with van der Waals surface area (Å²) in [5, 5.41) is 14.6. The summed E-state index contributed by atoms with van der Waals surface area (Å²) < 4.78 is 0. The summed E-state index contributed by atoms with van der Waals surface area (Å²) in [6.45, 7) is 1.40. The van der Waals surface area contributed by atoms with Gasteiger partial charge in [0.1, 0.15) is 0 Å². The average Bonchev–Trinajstić information content (AvgIpc) is 2.46. The molecule has 0 saturated heterocycles. The molecule has 2 amide bonds. The van der Waals surface area contributed by atoms with Crippen molar-refractivity contribution in [2.45, 2.75) is 19.8 Å². The lowest BCUT2D eigenvalue weighted by Gasteiger charge is -2.24. The Morgan fingerprint density at radius 1 is 1.05 bits per heavy atom. The van der Waals surface area contributed by atoms with Gasteiger partial charge in [-0.25, -0.2) is 0 Å². The molecule has 6 nitrogen and oxygen atoms in total. The number of carbonyl (C=O) groups is 3. The maximum absolute atomic E-state index is 12.3. The summed E-state index contributed by atoms with van der Waals surface area (Å²) in [7, 11) is 0. The first-order valence-electron chi connectivity index (χ1n) is 7.03. The van der Waals surface area contributed by atoms with Gasteiger partial charge < -0.3 is 15.7 Å². The molecule has 0 saturated carbocycles. The third kappa shape index (κ3) is 3.94. The van der Waals surface area contributed by atoms with Gasteiger partial charge in [0.15, 0.2) is 0 Å². The third-order valence-electron chi connectivity index (χ3n) is 3.54. The average molecular weight is 302 g/mol. The molecule has 0 unspecified atom stereocenters. The van der Waals surface area contributed by atoms with Crippen molar-refractivity contribution in [2.24, 2.45) is 11.8 Å². The van der Waals surface area contributed by atoms with Crippen LogP contribution < -0.4 is 10.6 Å². The molecule has 0 fully saturated rings. The molecule has 0 radical (unpaired) electrons. The van der Waals surface area contributed by atoms with E-state index in [1.807, 2.05) is 6.08 Å². The van der Waals surface area contributed by atoms with Crippen molar-refractivity contribution in [3.63, 3.8) is 0 Å². The molecule has 22 heavy (non-hydrogen) atoms. The second-order valence-corrected chi connectivity index (χ2v) is 5.25. The largest absolute Gasteiger partial charge is 0.481 e. The topological polar surface area (TPSA) is 95.5 Å². The van der Waals surface area contributed by atoms with Crippen molar-refractivity contribution >= 4 is 29.2 Å². The first-order chi connectivity index (χ1) is 10.5. The van der Waals surface area contributed by atoms with Gasteiger partial charge in [0, 0.05) is 18.3 Å². The fourth-order valence-electron chi connectivity index (χ4n) is 2.49. The number of aliphatic carboxylic acids is 1. The molecule has 0 bridgehead atoms. The Balaban J connectivity index is 2.09. The molecule has 0 spiro atoms. The van der Waals surface area contributed by atoms with E-state index in [9.17, 15) is 19.5 Å². The quantitative estimate of drug-likeness (QED) is 0.743. The Bertz CT molecular complexity index is 624. The van der Waals surface area contributed by atoms with Gasteiger partial charge in [-0.2, -0.15) is 0 Å². The predicted molar refractivity (Wildman–Crippen MR) is 82.4 cm³/mol. The molecule has 1 aliphatic rings. The molecule has 0 aromatic heterocycles. The van der Waals surface area contributed by atoms with E-state index in [0.29, 0.717) is 24.2 Å². The molecule has 116 valence electrons. The van der Waals surface area contributed by atoms with Crippen LogP contribution in [0.3, 0.4) is 0 Å². The highest BCUT2D eigenvalue weighted by molar-refractivity contribution is 5.96. The minimum Gasteiger partial charge on any atom is -0.481 e. The van der Waals surface area contributed by atoms with Gasteiger partial charge in [0.25, 0.3) is 0 Å². The molecule has 3 N–H and O–H groups in total. The predicted octanol–water partition coefficient (Wildman–Crippen LogP) is 2.25. The Labute approximate surface area is 128 Å². The highest BCUT2D eigenvalue weighted by Crippen LogP contribution is 2.27. The van der Waals surface area contributed by atoms with Gasteiger partial charge >= 0.3 is 5.97 Å². The van der Waals surface area contributed by atoms with Gasteiger partial charge in [-0.1, -0.05) is 18.2 Å². The maximum atomic E-state index is 12.3. The van der Waals surface area contributed by atoms with Crippen LogP contribution in [0.5, 0.6) is 0 Å². The van der Waals surface area contributed by atoms with E-state index in [0.717, 1.165) is 0 Å². The van der Waals surface area contributed by atoms with Gasteiger partial charge in [-0.15, -0.1) is 0 Å². The molecule has 1 aromatic carbocycles. The van der Waals surface area contributed by atoms with E-state index >= 15 is 0 Å². The molecule has 6 heteroatoms. The first-order valence-corrected chi connectivity index (χ1v) is 7.03. The molecule has 1 aliphatic carbocycles. The summed E-state index contributed by atoms with van der Waals surface area (Å²) >= 11 is 0. The lowest BCUT2D eigenvalue weighted by Crippen LogP contribution is -2.34. The Morgan fingerprint density at radius 2 is 1.64 bits per heavy atom. The first kappa shape index (κ1) is 15.8.